The Morgan fingerprint density at radius 2 is 2.38 bits per heavy atom. The fourth-order valence-corrected chi connectivity index (χ4v) is 1.29. The third-order valence-electron chi connectivity index (χ3n) is 1.12. The number of aryl methyl sites for hydroxylation is 1. The van der Waals surface area contributed by atoms with Gasteiger partial charge in [-0.3, -0.25) is 4.79 Å². The van der Waals surface area contributed by atoms with Crippen molar-refractivity contribution in [2.75, 3.05) is 5.75 Å². The molecule has 1 rings (SSSR count). The average Bonchev–Trinajstić information content (AvgIpc) is 2.47. The Bertz CT molecular complexity index is 279. The standard InChI is InChI=1S/C5H8N4O2S.ClH/c1-2-9-5(6-7-8-9)12-3-4(10)11;/h2-3H2,1H3,(H,10,11);1H. The first kappa shape index (κ1) is 12.2. The smallest absolute Gasteiger partial charge is 0.313 e. The first-order chi connectivity index (χ1) is 5.74. The van der Waals surface area contributed by atoms with E-state index in [4.69, 9.17) is 5.11 Å². The van der Waals surface area contributed by atoms with Crippen LogP contribution in [-0.2, 0) is 11.3 Å². The zero-order chi connectivity index (χ0) is 8.97. The lowest BCUT2D eigenvalue weighted by atomic mass is 10.8. The van der Waals surface area contributed by atoms with Crippen LogP contribution in [-0.4, -0.2) is 37.0 Å². The molecule has 0 unspecified atom stereocenters. The SMILES string of the molecule is CCn1nnnc1SCC(=O)O.Cl. The molecule has 8 heteroatoms. The highest BCUT2D eigenvalue weighted by atomic mass is 35.5. The van der Waals surface area contributed by atoms with Gasteiger partial charge < -0.3 is 5.11 Å². The van der Waals surface area contributed by atoms with E-state index in [0.29, 0.717) is 11.7 Å². The van der Waals surface area contributed by atoms with Gasteiger partial charge in [0, 0.05) is 6.54 Å². The van der Waals surface area contributed by atoms with Gasteiger partial charge in [-0.05, 0) is 17.4 Å². The van der Waals surface area contributed by atoms with Gasteiger partial charge in [-0.2, -0.15) is 0 Å². The molecule has 1 heterocycles. The Morgan fingerprint density at radius 3 is 2.92 bits per heavy atom. The van der Waals surface area contributed by atoms with E-state index in [-0.39, 0.29) is 18.2 Å². The van der Waals surface area contributed by atoms with Crippen molar-refractivity contribution in [3.05, 3.63) is 0 Å². The molecule has 0 aliphatic heterocycles. The Morgan fingerprint density at radius 1 is 1.69 bits per heavy atom. The predicted molar refractivity (Wildman–Crippen MR) is 49.1 cm³/mol. The number of rotatable bonds is 4. The van der Waals surface area contributed by atoms with E-state index in [1.807, 2.05) is 6.92 Å². The lowest BCUT2D eigenvalue weighted by Gasteiger charge is -1.96. The summed E-state index contributed by atoms with van der Waals surface area (Å²) in [5.74, 6) is -0.883. The van der Waals surface area contributed by atoms with Crippen LogP contribution in [0.5, 0.6) is 0 Å². The van der Waals surface area contributed by atoms with Gasteiger partial charge in [-0.1, -0.05) is 11.8 Å². The van der Waals surface area contributed by atoms with Crippen molar-refractivity contribution in [2.24, 2.45) is 0 Å². The van der Waals surface area contributed by atoms with Crippen LogP contribution in [0, 0.1) is 0 Å². The third kappa shape index (κ3) is 3.60. The zero-order valence-corrected chi connectivity index (χ0v) is 8.51. The van der Waals surface area contributed by atoms with Crippen molar-refractivity contribution in [1.29, 1.82) is 0 Å². The maximum absolute atomic E-state index is 10.2. The fourth-order valence-electron chi connectivity index (χ4n) is 0.625. The summed E-state index contributed by atoms with van der Waals surface area (Å²) in [5.41, 5.74) is 0. The summed E-state index contributed by atoms with van der Waals surface area (Å²) in [6, 6.07) is 0. The van der Waals surface area contributed by atoms with Crippen molar-refractivity contribution in [1.82, 2.24) is 20.2 Å². The molecule has 0 saturated heterocycles. The number of hydrogen-bond donors (Lipinski definition) is 1. The Hall–Kier alpha value is -0.820. The second-order valence-corrected chi connectivity index (χ2v) is 2.90. The monoisotopic (exact) mass is 224 g/mol. The maximum Gasteiger partial charge on any atom is 0.313 e. The fraction of sp³-hybridized carbons (Fsp3) is 0.600. The lowest BCUT2D eigenvalue weighted by Crippen LogP contribution is -2.02. The molecule has 0 amide bonds. The molecule has 0 fully saturated rings. The van der Waals surface area contributed by atoms with Crippen LogP contribution in [0.2, 0.25) is 0 Å². The van der Waals surface area contributed by atoms with Crippen LogP contribution in [0.1, 0.15) is 6.92 Å². The number of tetrazole rings is 1. The van der Waals surface area contributed by atoms with Crippen molar-refractivity contribution >= 4 is 30.1 Å². The molecule has 13 heavy (non-hydrogen) atoms. The van der Waals surface area contributed by atoms with Gasteiger partial charge in [0.1, 0.15) is 0 Å². The number of thioether (sulfide) groups is 1. The summed E-state index contributed by atoms with van der Waals surface area (Å²) < 4.78 is 1.55. The summed E-state index contributed by atoms with van der Waals surface area (Å²) in [7, 11) is 0. The van der Waals surface area contributed by atoms with Crippen LogP contribution in [0.25, 0.3) is 0 Å². The molecule has 0 aliphatic carbocycles. The molecule has 0 bridgehead atoms. The van der Waals surface area contributed by atoms with Crippen molar-refractivity contribution in [3.63, 3.8) is 0 Å². The number of nitrogens with zero attached hydrogens (tertiary/aromatic N) is 4. The van der Waals surface area contributed by atoms with Gasteiger partial charge in [-0.15, -0.1) is 17.5 Å². The average molecular weight is 225 g/mol. The Balaban J connectivity index is 0.00000144. The van der Waals surface area contributed by atoms with Crippen molar-refractivity contribution < 1.29 is 9.90 Å². The third-order valence-corrected chi connectivity index (χ3v) is 2.07. The van der Waals surface area contributed by atoms with Gasteiger partial charge in [0.15, 0.2) is 0 Å². The van der Waals surface area contributed by atoms with Crippen LogP contribution in [0.3, 0.4) is 0 Å². The van der Waals surface area contributed by atoms with E-state index >= 15 is 0 Å². The molecule has 1 aromatic rings. The minimum Gasteiger partial charge on any atom is -0.481 e. The molecule has 0 spiro atoms. The number of aliphatic carboxylic acids is 1. The minimum absolute atomic E-state index is 0. The van der Waals surface area contributed by atoms with Crippen LogP contribution in [0.15, 0.2) is 5.16 Å². The van der Waals surface area contributed by atoms with E-state index in [1.165, 1.54) is 0 Å². The number of aromatic nitrogens is 4. The molecule has 0 atom stereocenters. The van der Waals surface area contributed by atoms with Crippen LogP contribution in [0.4, 0.5) is 0 Å². The molecule has 6 nitrogen and oxygen atoms in total. The molecule has 0 aliphatic rings. The maximum atomic E-state index is 10.2. The van der Waals surface area contributed by atoms with Gasteiger partial charge in [0.2, 0.25) is 5.16 Å². The van der Waals surface area contributed by atoms with Crippen molar-refractivity contribution in [3.8, 4) is 0 Å². The molecule has 74 valence electrons. The molecular weight excluding hydrogens is 216 g/mol. The molecule has 0 aromatic carbocycles. The van der Waals surface area contributed by atoms with E-state index in [0.717, 1.165) is 11.8 Å². The summed E-state index contributed by atoms with van der Waals surface area (Å²) in [4.78, 5) is 10.2. The molecule has 1 aromatic heterocycles. The highest BCUT2D eigenvalue weighted by Crippen LogP contribution is 2.12. The number of carboxylic acids is 1. The van der Waals surface area contributed by atoms with Crippen LogP contribution < -0.4 is 0 Å². The number of hydrogen-bond acceptors (Lipinski definition) is 5. The Labute approximate surface area is 85.1 Å². The lowest BCUT2D eigenvalue weighted by molar-refractivity contribution is -0.133. The second kappa shape index (κ2) is 5.76. The van der Waals surface area contributed by atoms with Crippen molar-refractivity contribution in [2.45, 2.75) is 18.6 Å². The summed E-state index contributed by atoms with van der Waals surface area (Å²) in [6.07, 6.45) is 0. The number of halogens is 1. The summed E-state index contributed by atoms with van der Waals surface area (Å²) in [6.45, 7) is 2.54. The van der Waals surface area contributed by atoms with Gasteiger partial charge in [-0.25, -0.2) is 4.68 Å². The first-order valence-electron chi connectivity index (χ1n) is 3.34. The van der Waals surface area contributed by atoms with E-state index < -0.39 is 5.97 Å². The van der Waals surface area contributed by atoms with Gasteiger partial charge in [0.05, 0.1) is 5.75 Å². The quantitative estimate of drug-likeness (QED) is 0.741. The van der Waals surface area contributed by atoms with Gasteiger partial charge >= 0.3 is 5.97 Å². The molecular formula is C5H9ClN4O2S. The molecule has 0 saturated carbocycles. The number of carboxylic acid groups (broad SMARTS) is 1. The first-order valence-corrected chi connectivity index (χ1v) is 4.33. The minimum atomic E-state index is -0.870. The highest BCUT2D eigenvalue weighted by Gasteiger charge is 2.06. The molecule has 0 radical (unpaired) electrons. The number of carbonyl (C=O) groups is 1. The Kier molecular flexibility index (Phi) is 5.40. The molecule has 1 N–H and O–H groups in total. The highest BCUT2D eigenvalue weighted by molar-refractivity contribution is 7.99. The largest absolute Gasteiger partial charge is 0.481 e. The topological polar surface area (TPSA) is 80.9 Å². The zero-order valence-electron chi connectivity index (χ0n) is 6.88. The predicted octanol–water partition coefficient (Wildman–Crippen LogP) is 0.292. The van der Waals surface area contributed by atoms with E-state index in [2.05, 4.69) is 15.5 Å². The van der Waals surface area contributed by atoms with E-state index in [1.54, 1.807) is 4.68 Å². The normalized spacial score (nSPS) is 9.31. The summed E-state index contributed by atoms with van der Waals surface area (Å²) in [5, 5.41) is 19.7. The summed E-state index contributed by atoms with van der Waals surface area (Å²) >= 11 is 1.11. The van der Waals surface area contributed by atoms with Crippen LogP contribution >= 0.6 is 24.2 Å². The van der Waals surface area contributed by atoms with Gasteiger partial charge in [0.25, 0.3) is 0 Å². The van der Waals surface area contributed by atoms with E-state index in [9.17, 15) is 4.79 Å². The second-order valence-electron chi connectivity index (χ2n) is 1.96.